The third-order valence-corrected chi connectivity index (χ3v) is 3.64. The van der Waals surface area contributed by atoms with Gasteiger partial charge in [0.1, 0.15) is 0 Å². The highest BCUT2D eigenvalue weighted by Crippen LogP contribution is 2.24. The van der Waals surface area contributed by atoms with Gasteiger partial charge in [-0.25, -0.2) is 0 Å². The molecule has 17 heavy (non-hydrogen) atoms. The van der Waals surface area contributed by atoms with Gasteiger partial charge in [0.2, 0.25) is 0 Å². The van der Waals surface area contributed by atoms with E-state index in [1.54, 1.807) is 12.4 Å². The van der Waals surface area contributed by atoms with Gasteiger partial charge in [-0.1, -0.05) is 0 Å². The topological polar surface area (TPSA) is 53.4 Å². The van der Waals surface area contributed by atoms with Gasteiger partial charge in [0, 0.05) is 25.0 Å². The molecule has 1 aromatic heterocycles. The molecule has 0 aliphatic carbocycles. The van der Waals surface area contributed by atoms with Crippen molar-refractivity contribution in [2.75, 3.05) is 13.1 Å². The summed E-state index contributed by atoms with van der Waals surface area (Å²) in [6.07, 6.45) is 5.32. The van der Waals surface area contributed by atoms with Gasteiger partial charge in [-0.2, -0.15) is 0 Å². The maximum atomic E-state index is 11.0. The number of carbonyl (C=O) groups is 1. The second kappa shape index (κ2) is 5.27. The standard InChI is InChI=1S/C13H18N2O2/c1-10-12(13(16)17)5-9-15(10)8-4-11-2-6-14-7-3-11/h2-3,6-7,10,12H,4-5,8-9H2,1H3,(H,16,17). The minimum absolute atomic E-state index is 0.148. The van der Waals surface area contributed by atoms with Crippen LogP contribution in [0.3, 0.4) is 0 Å². The van der Waals surface area contributed by atoms with Crippen LogP contribution in [0.15, 0.2) is 24.5 Å². The molecule has 0 radical (unpaired) electrons. The van der Waals surface area contributed by atoms with Gasteiger partial charge in [0.05, 0.1) is 5.92 Å². The van der Waals surface area contributed by atoms with E-state index in [1.165, 1.54) is 5.56 Å². The Morgan fingerprint density at radius 2 is 2.24 bits per heavy atom. The maximum Gasteiger partial charge on any atom is 0.308 e. The summed E-state index contributed by atoms with van der Waals surface area (Å²) in [6, 6.07) is 4.17. The molecule has 1 saturated heterocycles. The summed E-state index contributed by atoms with van der Waals surface area (Å²) in [5.41, 5.74) is 1.26. The first-order valence-electron chi connectivity index (χ1n) is 6.04. The van der Waals surface area contributed by atoms with Crippen LogP contribution in [-0.2, 0) is 11.2 Å². The highest BCUT2D eigenvalue weighted by atomic mass is 16.4. The van der Waals surface area contributed by atoms with Crippen LogP contribution in [0.4, 0.5) is 0 Å². The minimum Gasteiger partial charge on any atom is -0.481 e. The molecule has 0 saturated carbocycles. The molecule has 2 heterocycles. The smallest absolute Gasteiger partial charge is 0.308 e. The number of hydrogen-bond donors (Lipinski definition) is 1. The minimum atomic E-state index is -0.663. The molecule has 1 aromatic rings. The van der Waals surface area contributed by atoms with Crippen molar-refractivity contribution in [3.8, 4) is 0 Å². The van der Waals surface area contributed by atoms with Gasteiger partial charge in [0.25, 0.3) is 0 Å². The Kier molecular flexibility index (Phi) is 3.74. The fourth-order valence-corrected chi connectivity index (χ4v) is 2.47. The zero-order valence-electron chi connectivity index (χ0n) is 10.0. The number of aromatic nitrogens is 1. The van der Waals surface area contributed by atoms with Crippen LogP contribution < -0.4 is 0 Å². The number of aliphatic carboxylic acids is 1. The zero-order chi connectivity index (χ0) is 12.3. The monoisotopic (exact) mass is 234 g/mol. The molecular formula is C13H18N2O2. The third kappa shape index (κ3) is 2.82. The summed E-state index contributed by atoms with van der Waals surface area (Å²) in [6.45, 7) is 3.83. The Morgan fingerprint density at radius 1 is 1.53 bits per heavy atom. The SMILES string of the molecule is CC1C(C(=O)O)CCN1CCc1ccncc1. The first-order chi connectivity index (χ1) is 8.18. The van der Waals surface area contributed by atoms with Crippen molar-refractivity contribution in [1.82, 2.24) is 9.88 Å². The van der Waals surface area contributed by atoms with Crippen LogP contribution in [-0.4, -0.2) is 40.1 Å². The molecule has 1 fully saturated rings. The number of likely N-dealkylation sites (tertiary alicyclic amines) is 1. The molecule has 92 valence electrons. The summed E-state index contributed by atoms with van der Waals surface area (Å²) >= 11 is 0. The summed E-state index contributed by atoms with van der Waals surface area (Å²) in [5.74, 6) is -0.864. The first-order valence-corrected chi connectivity index (χ1v) is 6.04. The Balaban J connectivity index is 1.87. The normalized spacial score (nSPS) is 25.0. The molecule has 1 aliphatic rings. The van der Waals surface area contributed by atoms with Crippen molar-refractivity contribution in [2.45, 2.75) is 25.8 Å². The Labute approximate surface area is 101 Å². The van der Waals surface area contributed by atoms with E-state index in [0.29, 0.717) is 0 Å². The fraction of sp³-hybridized carbons (Fsp3) is 0.538. The number of rotatable bonds is 4. The number of nitrogens with zero attached hydrogens (tertiary/aromatic N) is 2. The maximum absolute atomic E-state index is 11.0. The Bertz CT molecular complexity index is 380. The van der Waals surface area contributed by atoms with Crippen molar-refractivity contribution in [3.63, 3.8) is 0 Å². The molecule has 0 aromatic carbocycles. The van der Waals surface area contributed by atoms with Crippen LogP contribution in [0.1, 0.15) is 18.9 Å². The van der Waals surface area contributed by atoms with E-state index in [2.05, 4.69) is 9.88 Å². The largest absolute Gasteiger partial charge is 0.481 e. The number of hydrogen-bond acceptors (Lipinski definition) is 3. The lowest BCUT2D eigenvalue weighted by Gasteiger charge is -2.22. The summed E-state index contributed by atoms with van der Waals surface area (Å²) in [5, 5.41) is 9.05. The average molecular weight is 234 g/mol. The molecule has 0 amide bonds. The van der Waals surface area contributed by atoms with Crippen molar-refractivity contribution in [2.24, 2.45) is 5.92 Å². The van der Waals surface area contributed by atoms with Gasteiger partial charge < -0.3 is 5.11 Å². The van der Waals surface area contributed by atoms with E-state index < -0.39 is 5.97 Å². The summed E-state index contributed by atoms with van der Waals surface area (Å²) in [4.78, 5) is 17.2. The molecule has 2 rings (SSSR count). The molecule has 2 unspecified atom stereocenters. The molecule has 0 bridgehead atoms. The van der Waals surface area contributed by atoms with E-state index in [1.807, 2.05) is 19.1 Å². The van der Waals surface area contributed by atoms with Gasteiger partial charge in [-0.15, -0.1) is 0 Å². The van der Waals surface area contributed by atoms with Crippen LogP contribution in [0, 0.1) is 5.92 Å². The molecule has 1 aliphatic heterocycles. The lowest BCUT2D eigenvalue weighted by atomic mass is 10.0. The number of carboxylic acid groups (broad SMARTS) is 1. The lowest BCUT2D eigenvalue weighted by Crippen LogP contribution is -2.34. The Hall–Kier alpha value is -1.42. The van der Waals surface area contributed by atoms with E-state index in [4.69, 9.17) is 5.11 Å². The van der Waals surface area contributed by atoms with Crippen LogP contribution in [0.25, 0.3) is 0 Å². The second-order valence-electron chi connectivity index (χ2n) is 4.62. The average Bonchev–Trinajstić information content (AvgIpc) is 2.69. The molecular weight excluding hydrogens is 216 g/mol. The van der Waals surface area contributed by atoms with Crippen molar-refractivity contribution in [1.29, 1.82) is 0 Å². The highest BCUT2D eigenvalue weighted by Gasteiger charge is 2.34. The highest BCUT2D eigenvalue weighted by molar-refractivity contribution is 5.71. The first kappa shape index (κ1) is 12.0. The lowest BCUT2D eigenvalue weighted by molar-refractivity contribution is -0.142. The van der Waals surface area contributed by atoms with Gasteiger partial charge >= 0.3 is 5.97 Å². The van der Waals surface area contributed by atoms with Crippen molar-refractivity contribution in [3.05, 3.63) is 30.1 Å². The second-order valence-corrected chi connectivity index (χ2v) is 4.62. The van der Waals surface area contributed by atoms with Gasteiger partial charge in [-0.3, -0.25) is 14.7 Å². The van der Waals surface area contributed by atoms with Crippen molar-refractivity contribution < 1.29 is 9.90 Å². The van der Waals surface area contributed by atoms with Crippen LogP contribution in [0.5, 0.6) is 0 Å². The molecule has 1 N–H and O–H groups in total. The van der Waals surface area contributed by atoms with Gasteiger partial charge in [0.15, 0.2) is 0 Å². The van der Waals surface area contributed by atoms with Crippen LogP contribution >= 0.6 is 0 Å². The predicted molar refractivity (Wildman–Crippen MR) is 64.7 cm³/mol. The van der Waals surface area contributed by atoms with E-state index in [0.717, 1.165) is 25.9 Å². The molecule has 2 atom stereocenters. The zero-order valence-corrected chi connectivity index (χ0v) is 10.0. The van der Waals surface area contributed by atoms with Crippen LogP contribution in [0.2, 0.25) is 0 Å². The van der Waals surface area contributed by atoms with E-state index in [9.17, 15) is 4.79 Å². The van der Waals surface area contributed by atoms with Gasteiger partial charge in [-0.05, 0) is 44.0 Å². The quantitative estimate of drug-likeness (QED) is 0.856. The van der Waals surface area contributed by atoms with E-state index >= 15 is 0 Å². The fourth-order valence-electron chi connectivity index (χ4n) is 2.47. The third-order valence-electron chi connectivity index (χ3n) is 3.64. The number of carboxylic acids is 1. The van der Waals surface area contributed by atoms with Crippen molar-refractivity contribution >= 4 is 5.97 Å². The number of pyridine rings is 1. The Morgan fingerprint density at radius 3 is 2.82 bits per heavy atom. The molecule has 4 heteroatoms. The summed E-state index contributed by atoms with van der Waals surface area (Å²) < 4.78 is 0. The molecule has 0 spiro atoms. The molecule has 4 nitrogen and oxygen atoms in total. The summed E-state index contributed by atoms with van der Waals surface area (Å²) in [7, 11) is 0. The van der Waals surface area contributed by atoms with E-state index in [-0.39, 0.29) is 12.0 Å². The predicted octanol–water partition coefficient (Wildman–Crippen LogP) is 1.42.